The van der Waals surface area contributed by atoms with Crippen molar-refractivity contribution in [3.63, 3.8) is 0 Å². The lowest BCUT2D eigenvalue weighted by Crippen LogP contribution is -3.15. The molecule has 148 valence electrons. The Morgan fingerprint density at radius 2 is 1.34 bits per heavy atom. The van der Waals surface area contributed by atoms with E-state index in [9.17, 15) is 0 Å². The van der Waals surface area contributed by atoms with E-state index >= 15 is 0 Å². The van der Waals surface area contributed by atoms with Crippen LogP contribution >= 0.6 is 24.0 Å². The lowest BCUT2D eigenvalue weighted by Gasteiger charge is -2.38. The third-order valence-corrected chi connectivity index (χ3v) is 6.94. The maximum absolute atomic E-state index is 5.82. The van der Waals surface area contributed by atoms with Crippen LogP contribution in [0, 0.1) is 0 Å². The van der Waals surface area contributed by atoms with Crippen LogP contribution in [0.5, 0.6) is 0 Å². The molecule has 4 rings (SSSR count). The summed E-state index contributed by atoms with van der Waals surface area (Å²) in [7, 11) is 0. The maximum Gasteiger partial charge on any atom is 0.139 e. The number of nitrogens with one attached hydrogen (secondary N) is 1. The summed E-state index contributed by atoms with van der Waals surface area (Å²) in [5.41, 5.74) is 3.93. The summed E-state index contributed by atoms with van der Waals surface area (Å²) in [6.07, 6.45) is 2.10. The molecule has 1 aliphatic rings. The Bertz CT molecular complexity index is 879. The first-order valence-corrected chi connectivity index (χ1v) is 11.8. The average Bonchev–Trinajstić information content (AvgIpc) is 2.81. The van der Waals surface area contributed by atoms with Gasteiger partial charge in [-0.25, -0.2) is 0 Å². The van der Waals surface area contributed by atoms with E-state index in [0.717, 1.165) is 36.7 Å². The number of thiocarbonyl (C=S) groups is 1. The van der Waals surface area contributed by atoms with E-state index in [2.05, 4.69) is 96.1 Å². The Balaban J connectivity index is 1.48. The van der Waals surface area contributed by atoms with Crippen molar-refractivity contribution in [2.75, 3.05) is 32.4 Å². The summed E-state index contributed by atoms with van der Waals surface area (Å²) < 4.78 is 0. The van der Waals surface area contributed by atoms with E-state index in [-0.39, 0.29) is 0 Å². The van der Waals surface area contributed by atoms with E-state index in [1.165, 1.54) is 16.0 Å². The van der Waals surface area contributed by atoms with Crippen LogP contribution in [0.2, 0.25) is 0 Å². The second-order valence-electron chi connectivity index (χ2n) is 7.43. The van der Waals surface area contributed by atoms with Crippen molar-refractivity contribution >= 4 is 29.0 Å². The van der Waals surface area contributed by atoms with E-state index in [1.807, 2.05) is 0 Å². The Kier molecular flexibility index (Phi) is 6.65. The first-order valence-electron chi connectivity index (χ1n) is 10.1. The van der Waals surface area contributed by atoms with Gasteiger partial charge in [0.1, 0.15) is 11.0 Å². The lowest BCUT2D eigenvalue weighted by atomic mass is 9.96. The lowest BCUT2D eigenvalue weighted by molar-refractivity contribution is -0.929. The van der Waals surface area contributed by atoms with Gasteiger partial charge in [-0.15, -0.1) is 11.8 Å². The normalized spacial score (nSPS) is 14.9. The summed E-state index contributed by atoms with van der Waals surface area (Å²) in [4.78, 5) is 6.24. The molecule has 29 heavy (non-hydrogen) atoms. The molecule has 1 N–H and O–H groups in total. The molecule has 3 aromatic carbocycles. The number of thioether (sulfide) groups is 1. The number of quaternary nitrogens is 1. The second kappa shape index (κ2) is 9.57. The minimum Gasteiger partial charge on any atom is -0.351 e. The summed E-state index contributed by atoms with van der Waals surface area (Å²) in [6.45, 7) is 4.15. The van der Waals surface area contributed by atoms with Crippen LogP contribution in [0.3, 0.4) is 0 Å². The highest BCUT2D eigenvalue weighted by atomic mass is 32.2. The van der Waals surface area contributed by atoms with Crippen LogP contribution in [-0.4, -0.2) is 42.3 Å². The minimum absolute atomic E-state index is 0.369. The molecule has 1 fully saturated rings. The molecule has 4 heteroatoms. The average molecular weight is 420 g/mol. The van der Waals surface area contributed by atoms with Gasteiger partial charge < -0.3 is 9.80 Å². The van der Waals surface area contributed by atoms with Crippen LogP contribution < -0.4 is 4.90 Å². The molecule has 0 radical (unpaired) electrons. The summed E-state index contributed by atoms with van der Waals surface area (Å²) in [6, 6.07) is 30.8. The first kappa shape index (κ1) is 20.1. The van der Waals surface area contributed by atoms with Gasteiger partial charge in [-0.3, -0.25) is 0 Å². The molecule has 0 bridgehead atoms. The van der Waals surface area contributed by atoms with Crippen molar-refractivity contribution in [2.24, 2.45) is 0 Å². The first-order chi connectivity index (χ1) is 14.3. The van der Waals surface area contributed by atoms with Gasteiger partial charge in [0.15, 0.2) is 0 Å². The molecule has 0 aliphatic carbocycles. The zero-order valence-corrected chi connectivity index (χ0v) is 18.4. The Hall–Kier alpha value is -2.14. The molecule has 0 saturated carbocycles. The van der Waals surface area contributed by atoms with Crippen molar-refractivity contribution in [1.29, 1.82) is 0 Å². The number of benzene rings is 3. The predicted molar refractivity (Wildman–Crippen MR) is 127 cm³/mol. The van der Waals surface area contributed by atoms with E-state index in [0.29, 0.717) is 6.04 Å². The van der Waals surface area contributed by atoms with Crippen LogP contribution in [0.15, 0.2) is 89.8 Å². The molecule has 0 aromatic heterocycles. The monoisotopic (exact) mass is 419 g/mol. The zero-order chi connectivity index (χ0) is 20.1. The Labute approximate surface area is 183 Å². The molecule has 0 atom stereocenters. The molecule has 2 nitrogen and oxygen atoms in total. The number of rotatable bonds is 5. The molecular formula is C25H27N2S2+. The number of hydrogen-bond donors (Lipinski definition) is 1. The zero-order valence-electron chi connectivity index (χ0n) is 16.8. The highest BCUT2D eigenvalue weighted by Crippen LogP contribution is 2.20. The van der Waals surface area contributed by atoms with Crippen LogP contribution in [0.1, 0.15) is 22.7 Å². The van der Waals surface area contributed by atoms with Gasteiger partial charge in [-0.05, 0) is 18.4 Å². The highest BCUT2D eigenvalue weighted by Gasteiger charge is 2.30. The number of piperazine rings is 1. The summed E-state index contributed by atoms with van der Waals surface area (Å²) in [5.74, 6) is 0. The quantitative estimate of drug-likeness (QED) is 0.493. The maximum atomic E-state index is 5.82. The fourth-order valence-electron chi connectivity index (χ4n) is 4.16. The highest BCUT2D eigenvalue weighted by molar-refractivity contribution is 7.98. The molecule has 1 heterocycles. The van der Waals surface area contributed by atoms with Crippen LogP contribution in [-0.2, 0) is 0 Å². The Morgan fingerprint density at radius 3 is 1.83 bits per heavy atom. The Morgan fingerprint density at radius 1 is 0.828 bits per heavy atom. The number of hydrogen-bond acceptors (Lipinski definition) is 2. The van der Waals surface area contributed by atoms with E-state index in [1.54, 1.807) is 16.7 Å². The molecule has 1 saturated heterocycles. The second-order valence-corrected chi connectivity index (χ2v) is 8.70. The van der Waals surface area contributed by atoms with Crippen LogP contribution in [0.4, 0.5) is 0 Å². The van der Waals surface area contributed by atoms with Gasteiger partial charge in [0.05, 0.1) is 26.2 Å². The van der Waals surface area contributed by atoms with E-state index < -0.39 is 0 Å². The fraction of sp³-hybridized carbons (Fsp3) is 0.240. The van der Waals surface area contributed by atoms with Crippen LogP contribution in [0.25, 0.3) is 0 Å². The topological polar surface area (TPSA) is 7.68 Å². The fourth-order valence-corrected chi connectivity index (χ4v) is 4.88. The van der Waals surface area contributed by atoms with Gasteiger partial charge in [0.2, 0.25) is 0 Å². The van der Waals surface area contributed by atoms with Gasteiger partial charge in [0.25, 0.3) is 0 Å². The number of nitrogens with zero attached hydrogens (tertiary/aromatic N) is 1. The molecule has 1 aliphatic heterocycles. The summed E-state index contributed by atoms with van der Waals surface area (Å²) in [5, 5.41) is 0. The third-order valence-electron chi connectivity index (χ3n) is 5.70. The third kappa shape index (κ3) is 4.72. The van der Waals surface area contributed by atoms with Gasteiger partial charge in [0, 0.05) is 21.6 Å². The van der Waals surface area contributed by atoms with Gasteiger partial charge >= 0.3 is 0 Å². The largest absolute Gasteiger partial charge is 0.351 e. The van der Waals surface area contributed by atoms with Crippen molar-refractivity contribution in [1.82, 2.24) is 4.90 Å². The molecule has 3 aromatic rings. The van der Waals surface area contributed by atoms with Crippen molar-refractivity contribution in [3.8, 4) is 0 Å². The molecule has 0 unspecified atom stereocenters. The smallest absolute Gasteiger partial charge is 0.139 e. The van der Waals surface area contributed by atoms with Gasteiger partial charge in [-0.1, -0.05) is 85.0 Å². The van der Waals surface area contributed by atoms with E-state index in [4.69, 9.17) is 12.2 Å². The predicted octanol–water partition coefficient (Wildman–Crippen LogP) is 4.07. The molecular weight excluding hydrogens is 392 g/mol. The SMILES string of the molecule is CSc1ccc(C(=S)N2CC[NH+](C(c3ccccc3)c3ccccc3)CC2)cc1. The minimum atomic E-state index is 0.369. The van der Waals surface area contributed by atoms with Crippen molar-refractivity contribution in [3.05, 3.63) is 102 Å². The molecule has 0 spiro atoms. The molecule has 0 amide bonds. The van der Waals surface area contributed by atoms with Crippen molar-refractivity contribution in [2.45, 2.75) is 10.9 Å². The van der Waals surface area contributed by atoms with Crippen molar-refractivity contribution < 1.29 is 4.90 Å². The summed E-state index contributed by atoms with van der Waals surface area (Å²) >= 11 is 7.58. The van der Waals surface area contributed by atoms with Gasteiger partial charge in [-0.2, -0.15) is 0 Å². The standard InChI is InChI=1S/C25H26N2S2/c1-29-23-14-12-22(13-15-23)25(28)27-18-16-26(17-19-27)24(20-8-4-2-5-9-20)21-10-6-3-7-11-21/h2-15,24H,16-19H2,1H3/p+1.